The summed E-state index contributed by atoms with van der Waals surface area (Å²) in [7, 11) is 1.32. The van der Waals surface area contributed by atoms with Crippen LogP contribution in [-0.4, -0.2) is 19.1 Å². The summed E-state index contributed by atoms with van der Waals surface area (Å²) in [6.45, 7) is 0. The molecule has 0 aromatic heterocycles. The summed E-state index contributed by atoms with van der Waals surface area (Å²) in [6.07, 6.45) is 6.62. The Morgan fingerprint density at radius 1 is 1.50 bits per heavy atom. The summed E-state index contributed by atoms with van der Waals surface area (Å²) < 4.78 is 4.60. The first-order valence-corrected chi connectivity index (χ1v) is 5.40. The van der Waals surface area contributed by atoms with E-state index in [2.05, 4.69) is 14.8 Å². The van der Waals surface area contributed by atoms with E-state index in [9.17, 15) is 4.79 Å². The number of nitrogens with zero attached hydrogens (tertiary/aromatic N) is 3. The molecule has 0 aromatic carbocycles. The topological polar surface area (TPSA) is 75.1 Å². The lowest BCUT2D eigenvalue weighted by atomic mass is 9.85. The minimum absolute atomic E-state index is 0. The summed E-state index contributed by atoms with van der Waals surface area (Å²) in [6, 6.07) is -0.636. The van der Waals surface area contributed by atoms with Gasteiger partial charge in [-0.1, -0.05) is 44.6 Å². The average molecular weight is 227 g/mol. The quantitative estimate of drug-likeness (QED) is 0.319. The fourth-order valence-corrected chi connectivity index (χ4v) is 2.13. The molecule has 1 fully saturated rings. The predicted molar refractivity (Wildman–Crippen MR) is 62.9 cm³/mol. The summed E-state index contributed by atoms with van der Waals surface area (Å²) >= 11 is 0. The Labute approximate surface area is 96.8 Å². The molecule has 0 bridgehead atoms. The van der Waals surface area contributed by atoms with Gasteiger partial charge in [0.05, 0.1) is 7.11 Å². The Balaban J connectivity index is 0.00000225. The second-order valence-electron chi connectivity index (χ2n) is 3.98. The van der Waals surface area contributed by atoms with E-state index in [1.807, 2.05) is 0 Å². The van der Waals surface area contributed by atoms with Gasteiger partial charge in [0.2, 0.25) is 0 Å². The van der Waals surface area contributed by atoms with Gasteiger partial charge in [0, 0.05) is 4.91 Å². The van der Waals surface area contributed by atoms with Crippen molar-refractivity contribution in [2.45, 2.75) is 52.0 Å². The average Bonchev–Trinajstić information content (AvgIpc) is 2.29. The Morgan fingerprint density at radius 2 is 2.12 bits per heavy atom. The Bertz CT molecular complexity index is 256. The highest BCUT2D eigenvalue weighted by atomic mass is 16.5. The lowest BCUT2D eigenvalue weighted by Gasteiger charge is -2.23. The normalized spacial score (nSPS) is 17.8. The maximum absolute atomic E-state index is 11.3. The Kier molecular flexibility index (Phi) is 7.38. The summed E-state index contributed by atoms with van der Waals surface area (Å²) in [5, 5.41) is 3.50. The zero-order valence-corrected chi connectivity index (χ0v) is 9.06. The number of carbonyl (C=O) groups excluding carboxylic acids is 1. The van der Waals surface area contributed by atoms with Gasteiger partial charge in [-0.05, 0) is 17.9 Å². The molecule has 0 spiro atoms. The number of rotatable bonds is 4. The number of hydrogen-bond donors (Lipinski definition) is 0. The summed E-state index contributed by atoms with van der Waals surface area (Å²) in [4.78, 5) is 14.0. The molecule has 1 aliphatic rings. The number of methoxy groups -OCH3 is 1. The maximum Gasteiger partial charge on any atom is 0.314 e. The van der Waals surface area contributed by atoms with Crippen LogP contribution >= 0.6 is 0 Å². The molecule has 5 heteroatoms. The number of ether oxygens (including phenoxy) is 1. The van der Waals surface area contributed by atoms with Gasteiger partial charge in [-0.2, -0.15) is 0 Å². The van der Waals surface area contributed by atoms with E-state index in [1.54, 1.807) is 0 Å². The van der Waals surface area contributed by atoms with Crippen LogP contribution in [0.5, 0.6) is 0 Å². The van der Waals surface area contributed by atoms with Gasteiger partial charge < -0.3 is 4.74 Å². The molecule has 0 heterocycles. The van der Waals surface area contributed by atoms with E-state index in [0.717, 1.165) is 12.8 Å². The van der Waals surface area contributed by atoms with Crippen LogP contribution in [0.1, 0.15) is 46.0 Å². The lowest BCUT2D eigenvalue weighted by Crippen LogP contribution is -2.24. The largest absolute Gasteiger partial charge is 0.469 e. The van der Waals surface area contributed by atoms with Crippen LogP contribution in [0.4, 0.5) is 0 Å². The van der Waals surface area contributed by atoms with E-state index < -0.39 is 12.0 Å². The van der Waals surface area contributed by atoms with Crippen molar-refractivity contribution in [1.82, 2.24) is 0 Å². The molecule has 1 aliphatic carbocycles. The molecule has 0 aliphatic heterocycles. The molecule has 1 atom stereocenters. The Hall–Kier alpha value is -1.22. The second kappa shape index (κ2) is 7.99. The molecule has 92 valence electrons. The van der Waals surface area contributed by atoms with Gasteiger partial charge in [-0.15, -0.1) is 0 Å². The van der Waals surface area contributed by atoms with Crippen LogP contribution in [0.3, 0.4) is 0 Å². The zero-order chi connectivity index (χ0) is 11.1. The lowest BCUT2D eigenvalue weighted by molar-refractivity contribution is -0.142. The number of hydrogen-bond acceptors (Lipinski definition) is 3. The molecular formula is C11H21N3O2. The fourth-order valence-electron chi connectivity index (χ4n) is 2.13. The van der Waals surface area contributed by atoms with Gasteiger partial charge in [-0.3, -0.25) is 4.79 Å². The SMILES string of the molecule is C.COC(=O)[C@H](CC1CCCCC1)N=[N+]=[N-]. The highest BCUT2D eigenvalue weighted by Crippen LogP contribution is 2.28. The molecule has 0 saturated heterocycles. The van der Waals surface area contributed by atoms with Crippen LogP contribution in [0.2, 0.25) is 0 Å². The molecule has 1 rings (SSSR count). The molecule has 0 radical (unpaired) electrons. The molecule has 0 N–H and O–H groups in total. The first-order chi connectivity index (χ1) is 7.27. The monoisotopic (exact) mass is 227 g/mol. The second-order valence-corrected chi connectivity index (χ2v) is 3.98. The Morgan fingerprint density at radius 3 is 2.62 bits per heavy atom. The molecule has 16 heavy (non-hydrogen) atoms. The van der Waals surface area contributed by atoms with Crippen molar-refractivity contribution in [2.75, 3.05) is 7.11 Å². The standard InChI is InChI=1S/C10H17N3O2.CH4/c1-15-10(14)9(12-13-11)7-8-5-3-2-4-6-8;/h8-9H,2-7H2,1H3;1H4/t9-;/m0./s1. The van der Waals surface area contributed by atoms with Gasteiger partial charge in [-0.25, -0.2) is 0 Å². The van der Waals surface area contributed by atoms with E-state index in [-0.39, 0.29) is 7.43 Å². The van der Waals surface area contributed by atoms with Gasteiger partial charge in [0.15, 0.2) is 0 Å². The highest BCUT2D eigenvalue weighted by Gasteiger charge is 2.23. The first-order valence-electron chi connectivity index (χ1n) is 5.40. The molecule has 0 aromatic rings. The van der Waals surface area contributed by atoms with E-state index in [1.165, 1.54) is 26.4 Å². The van der Waals surface area contributed by atoms with Crippen molar-refractivity contribution in [1.29, 1.82) is 0 Å². The number of azide groups is 1. The third kappa shape index (κ3) is 4.53. The molecule has 0 amide bonds. The van der Waals surface area contributed by atoms with Crippen molar-refractivity contribution in [3.05, 3.63) is 10.4 Å². The van der Waals surface area contributed by atoms with Crippen molar-refractivity contribution < 1.29 is 9.53 Å². The van der Waals surface area contributed by atoms with Gasteiger partial charge in [0.1, 0.15) is 6.04 Å². The molecule has 5 nitrogen and oxygen atoms in total. The van der Waals surface area contributed by atoms with Crippen LogP contribution in [0.15, 0.2) is 5.11 Å². The summed E-state index contributed by atoms with van der Waals surface area (Å²) in [5.41, 5.74) is 8.36. The smallest absolute Gasteiger partial charge is 0.314 e. The van der Waals surface area contributed by atoms with Crippen LogP contribution < -0.4 is 0 Å². The number of esters is 1. The molecule has 1 saturated carbocycles. The highest BCUT2D eigenvalue weighted by molar-refractivity contribution is 5.75. The minimum atomic E-state index is -0.636. The van der Waals surface area contributed by atoms with E-state index in [4.69, 9.17) is 5.53 Å². The van der Waals surface area contributed by atoms with Crippen LogP contribution in [0, 0.1) is 5.92 Å². The van der Waals surface area contributed by atoms with E-state index in [0.29, 0.717) is 12.3 Å². The third-order valence-corrected chi connectivity index (χ3v) is 2.95. The summed E-state index contributed by atoms with van der Waals surface area (Å²) in [5.74, 6) is 0.0896. The van der Waals surface area contributed by atoms with Crippen molar-refractivity contribution >= 4 is 5.97 Å². The third-order valence-electron chi connectivity index (χ3n) is 2.95. The zero-order valence-electron chi connectivity index (χ0n) is 9.06. The van der Waals surface area contributed by atoms with Crippen molar-refractivity contribution in [3.8, 4) is 0 Å². The molecule has 0 unspecified atom stereocenters. The minimum Gasteiger partial charge on any atom is -0.469 e. The van der Waals surface area contributed by atoms with Gasteiger partial charge >= 0.3 is 5.97 Å². The maximum atomic E-state index is 11.3. The first kappa shape index (κ1) is 14.8. The van der Waals surface area contributed by atoms with Crippen molar-refractivity contribution in [2.24, 2.45) is 11.0 Å². The van der Waals surface area contributed by atoms with Crippen molar-refractivity contribution in [3.63, 3.8) is 0 Å². The van der Waals surface area contributed by atoms with Gasteiger partial charge in [0.25, 0.3) is 0 Å². The number of carbonyl (C=O) groups is 1. The van der Waals surface area contributed by atoms with Crippen LogP contribution in [0.25, 0.3) is 10.4 Å². The fraction of sp³-hybridized carbons (Fsp3) is 0.909. The van der Waals surface area contributed by atoms with E-state index >= 15 is 0 Å². The molecular weight excluding hydrogens is 206 g/mol. The van der Waals surface area contributed by atoms with Crippen LogP contribution in [-0.2, 0) is 9.53 Å². The predicted octanol–water partition coefficient (Wildman–Crippen LogP) is 3.44.